The zero-order chi connectivity index (χ0) is 20.2. The lowest BCUT2D eigenvalue weighted by atomic mass is 10.1. The van der Waals surface area contributed by atoms with Gasteiger partial charge in [0.1, 0.15) is 16.9 Å². The Hall–Kier alpha value is -1.12. The van der Waals surface area contributed by atoms with Crippen LogP contribution in [0.2, 0.25) is 10.0 Å². The van der Waals surface area contributed by atoms with Gasteiger partial charge >= 0.3 is 7.60 Å². The van der Waals surface area contributed by atoms with Crippen LogP contribution in [0.1, 0.15) is 12.0 Å². The van der Waals surface area contributed by atoms with Crippen molar-refractivity contribution in [1.29, 1.82) is 0 Å². The molecule has 0 aliphatic carbocycles. The fraction of sp³-hybridized carbons (Fsp3) is 0.250. The van der Waals surface area contributed by atoms with Crippen LogP contribution in [0.25, 0.3) is 0 Å². The van der Waals surface area contributed by atoms with Crippen LogP contribution in [0.15, 0.2) is 48.5 Å². The van der Waals surface area contributed by atoms with E-state index in [2.05, 4.69) is 0 Å². The highest BCUT2D eigenvalue weighted by Crippen LogP contribution is 2.46. The summed E-state index contributed by atoms with van der Waals surface area (Å²) in [5.74, 6) is 0.130. The SMILES string of the molecule is O=P(O)(O)C(CC(Cc1ccccc1)Oc1cccc(Cl)c1Cl)S(=O)(=O)O. The third-order valence-electron chi connectivity index (χ3n) is 3.70. The molecule has 2 rings (SSSR count). The third-order valence-corrected chi connectivity index (χ3v) is 7.97. The Morgan fingerprint density at radius 2 is 1.67 bits per heavy atom. The molecule has 0 aliphatic heterocycles. The molecule has 2 atom stereocenters. The summed E-state index contributed by atoms with van der Waals surface area (Å²) in [6, 6.07) is 13.4. The summed E-state index contributed by atoms with van der Waals surface area (Å²) >= 11 is 12.0. The van der Waals surface area contributed by atoms with E-state index in [9.17, 15) is 27.3 Å². The molecular weight excluding hydrogens is 438 g/mol. The van der Waals surface area contributed by atoms with Gasteiger partial charge < -0.3 is 14.5 Å². The lowest BCUT2D eigenvalue weighted by Crippen LogP contribution is -2.31. The topological polar surface area (TPSA) is 121 Å². The Morgan fingerprint density at radius 3 is 2.22 bits per heavy atom. The summed E-state index contributed by atoms with van der Waals surface area (Å²) in [5, 5.41) is 0.283. The van der Waals surface area contributed by atoms with Gasteiger partial charge in [-0.3, -0.25) is 9.12 Å². The first-order valence-corrected chi connectivity index (χ1v) is 11.6. The number of ether oxygens (including phenoxy) is 1. The van der Waals surface area contributed by atoms with E-state index in [1.165, 1.54) is 12.1 Å². The summed E-state index contributed by atoms with van der Waals surface area (Å²) < 4.78 is 49.6. The third kappa shape index (κ3) is 6.47. The molecule has 0 spiro atoms. The average molecular weight is 455 g/mol. The van der Waals surface area contributed by atoms with Gasteiger partial charge in [-0.2, -0.15) is 8.42 Å². The highest BCUT2D eigenvalue weighted by atomic mass is 35.5. The molecule has 2 aromatic rings. The minimum absolute atomic E-state index is 0.0804. The smallest absolute Gasteiger partial charge is 0.346 e. The molecule has 0 fully saturated rings. The summed E-state index contributed by atoms with van der Waals surface area (Å²) in [6.07, 6.45) is -1.54. The maximum absolute atomic E-state index is 11.6. The van der Waals surface area contributed by atoms with Crippen LogP contribution in [0, 0.1) is 0 Å². The van der Waals surface area contributed by atoms with E-state index < -0.39 is 35.2 Å². The number of rotatable bonds is 8. The standard InChI is InChI=1S/C16H17Cl2O7PS/c17-13-7-4-8-14(16(13)18)25-12(9-11-5-2-1-3-6-11)10-15(26(19,20)21)27(22,23)24/h1-8,12,15H,9-10H2,(H2,19,20,21)(H,22,23,24). The van der Waals surface area contributed by atoms with Gasteiger partial charge in [0.05, 0.1) is 5.02 Å². The van der Waals surface area contributed by atoms with E-state index in [0.717, 1.165) is 5.56 Å². The van der Waals surface area contributed by atoms with Crippen LogP contribution in [0.5, 0.6) is 5.75 Å². The molecule has 11 heteroatoms. The van der Waals surface area contributed by atoms with E-state index >= 15 is 0 Å². The second-order valence-electron chi connectivity index (χ2n) is 5.78. The van der Waals surface area contributed by atoms with Crippen LogP contribution in [-0.2, 0) is 21.1 Å². The highest BCUT2D eigenvalue weighted by molar-refractivity contribution is 7.93. The minimum atomic E-state index is -5.16. The van der Waals surface area contributed by atoms with Gasteiger partial charge in [-0.25, -0.2) is 0 Å². The molecule has 2 aromatic carbocycles. The predicted octanol–water partition coefficient (Wildman–Crippen LogP) is 3.77. The molecule has 27 heavy (non-hydrogen) atoms. The zero-order valence-electron chi connectivity index (χ0n) is 13.8. The summed E-state index contributed by atoms with van der Waals surface area (Å²) in [6.45, 7) is 0. The largest absolute Gasteiger partial charge is 0.488 e. The normalized spacial score (nSPS) is 14.6. The van der Waals surface area contributed by atoms with Gasteiger partial charge in [0.15, 0.2) is 4.99 Å². The molecular formula is C16H17Cl2O7PS. The number of hydrogen-bond acceptors (Lipinski definition) is 4. The van der Waals surface area contributed by atoms with Gasteiger partial charge in [0.25, 0.3) is 10.1 Å². The molecule has 3 N–H and O–H groups in total. The van der Waals surface area contributed by atoms with Crippen molar-refractivity contribution < 1.29 is 32.1 Å². The van der Waals surface area contributed by atoms with Crippen LogP contribution in [0.3, 0.4) is 0 Å². The zero-order valence-corrected chi connectivity index (χ0v) is 17.0. The fourth-order valence-electron chi connectivity index (χ4n) is 2.46. The first-order valence-electron chi connectivity index (χ1n) is 7.64. The van der Waals surface area contributed by atoms with Crippen LogP contribution >= 0.6 is 30.8 Å². The first-order chi connectivity index (χ1) is 12.5. The van der Waals surface area contributed by atoms with Gasteiger partial charge in [0.2, 0.25) is 0 Å². The Kier molecular flexibility index (Phi) is 7.33. The van der Waals surface area contributed by atoms with Crippen LogP contribution < -0.4 is 4.74 Å². The van der Waals surface area contributed by atoms with E-state index in [0.29, 0.717) is 0 Å². The second-order valence-corrected chi connectivity index (χ2v) is 10.3. The highest BCUT2D eigenvalue weighted by Gasteiger charge is 2.42. The monoisotopic (exact) mass is 454 g/mol. The van der Waals surface area contributed by atoms with Crippen molar-refractivity contribution in [2.45, 2.75) is 23.9 Å². The van der Waals surface area contributed by atoms with Crippen molar-refractivity contribution in [2.24, 2.45) is 0 Å². The molecule has 0 aliphatic rings. The fourth-order valence-corrected chi connectivity index (χ4v) is 5.15. The van der Waals surface area contributed by atoms with Crippen molar-refractivity contribution in [3.05, 3.63) is 64.1 Å². The summed E-state index contributed by atoms with van der Waals surface area (Å²) in [5.41, 5.74) is 0.737. The maximum atomic E-state index is 11.6. The maximum Gasteiger partial charge on any atom is 0.346 e. The molecule has 0 saturated heterocycles. The van der Waals surface area contributed by atoms with Crippen molar-refractivity contribution in [3.8, 4) is 5.75 Å². The number of benzene rings is 2. The molecule has 7 nitrogen and oxygen atoms in total. The van der Waals surface area contributed by atoms with Crippen LogP contribution in [-0.4, -0.2) is 33.9 Å². The molecule has 0 amide bonds. The van der Waals surface area contributed by atoms with Gasteiger partial charge in [-0.1, -0.05) is 59.6 Å². The molecule has 0 bridgehead atoms. The Balaban J connectivity index is 2.37. The lowest BCUT2D eigenvalue weighted by Gasteiger charge is -2.24. The first kappa shape index (κ1) is 22.2. The Bertz CT molecular complexity index is 931. The molecule has 0 heterocycles. The Morgan fingerprint density at radius 1 is 1.04 bits per heavy atom. The summed E-state index contributed by atoms with van der Waals surface area (Å²) in [4.78, 5) is 16.4. The summed E-state index contributed by atoms with van der Waals surface area (Å²) in [7, 11) is -10.2. The quantitative estimate of drug-likeness (QED) is 0.409. The molecule has 2 unspecified atom stereocenters. The van der Waals surface area contributed by atoms with Crippen molar-refractivity contribution in [1.82, 2.24) is 0 Å². The number of hydrogen-bond donors (Lipinski definition) is 3. The predicted molar refractivity (Wildman–Crippen MR) is 103 cm³/mol. The second kappa shape index (κ2) is 8.92. The molecule has 0 saturated carbocycles. The molecule has 0 radical (unpaired) electrons. The van der Waals surface area contributed by atoms with Crippen LogP contribution in [0.4, 0.5) is 0 Å². The Labute approximate surface area is 166 Å². The van der Waals surface area contributed by atoms with E-state index in [-0.39, 0.29) is 22.2 Å². The van der Waals surface area contributed by atoms with Crippen molar-refractivity contribution in [3.63, 3.8) is 0 Å². The van der Waals surface area contributed by atoms with Gasteiger partial charge in [0, 0.05) is 12.8 Å². The van der Waals surface area contributed by atoms with Gasteiger partial charge in [-0.05, 0) is 17.7 Å². The molecule has 148 valence electrons. The van der Waals surface area contributed by atoms with E-state index in [1.807, 2.05) is 0 Å². The van der Waals surface area contributed by atoms with Crippen molar-refractivity contribution in [2.75, 3.05) is 0 Å². The number of halogens is 2. The van der Waals surface area contributed by atoms with E-state index in [4.69, 9.17) is 27.9 Å². The van der Waals surface area contributed by atoms with Gasteiger partial charge in [-0.15, -0.1) is 0 Å². The minimum Gasteiger partial charge on any atom is -0.488 e. The van der Waals surface area contributed by atoms with Crippen molar-refractivity contribution >= 4 is 40.9 Å². The molecule has 0 aromatic heterocycles. The lowest BCUT2D eigenvalue weighted by molar-refractivity contribution is 0.190. The average Bonchev–Trinajstić information content (AvgIpc) is 2.55. The van der Waals surface area contributed by atoms with E-state index in [1.54, 1.807) is 36.4 Å².